The van der Waals surface area contributed by atoms with Gasteiger partial charge in [-0.15, -0.1) is 0 Å². The Hall–Kier alpha value is -0.0800. The molecule has 0 saturated heterocycles. The van der Waals surface area contributed by atoms with Gasteiger partial charge in [0.05, 0.1) is 41.3 Å². The standard InChI is InChI=1S/C9H24N2/c1-7-11(6,8-2)9-10(3,4)5/h7-9H2,1-6H3/q+2. The number of hydrogen-bond donors (Lipinski definition) is 0. The fourth-order valence-corrected chi connectivity index (χ4v) is 1.45. The number of rotatable bonds is 4. The van der Waals surface area contributed by atoms with Crippen LogP contribution in [0.3, 0.4) is 0 Å². The molecule has 0 spiro atoms. The maximum absolute atomic E-state index is 2.32. The summed E-state index contributed by atoms with van der Waals surface area (Å²) in [5.74, 6) is 0. The van der Waals surface area contributed by atoms with Crippen molar-refractivity contribution in [3.63, 3.8) is 0 Å². The Morgan fingerprint density at radius 3 is 1.27 bits per heavy atom. The minimum atomic E-state index is 1.05. The summed E-state index contributed by atoms with van der Waals surface area (Å²) in [5, 5.41) is 0. The quantitative estimate of drug-likeness (QED) is 0.427. The zero-order chi connectivity index (χ0) is 9.12. The average Bonchev–Trinajstić information content (AvgIpc) is 1.84. The van der Waals surface area contributed by atoms with Gasteiger partial charge in [-0.25, -0.2) is 0 Å². The first kappa shape index (κ1) is 10.9. The third kappa shape index (κ3) is 4.38. The second-order valence-electron chi connectivity index (χ2n) is 4.68. The van der Waals surface area contributed by atoms with Crippen molar-refractivity contribution in [2.75, 3.05) is 47.9 Å². The molecule has 2 heteroatoms. The third-order valence-corrected chi connectivity index (χ3v) is 2.29. The molecule has 2 nitrogen and oxygen atoms in total. The fraction of sp³-hybridized carbons (Fsp3) is 1.00. The zero-order valence-electron chi connectivity index (χ0n) is 9.02. The minimum Gasteiger partial charge on any atom is -0.284 e. The van der Waals surface area contributed by atoms with Gasteiger partial charge in [0, 0.05) is 0 Å². The molecule has 0 amide bonds. The van der Waals surface area contributed by atoms with E-state index < -0.39 is 0 Å². The van der Waals surface area contributed by atoms with Crippen LogP contribution in [0.5, 0.6) is 0 Å². The monoisotopic (exact) mass is 160 g/mol. The van der Waals surface area contributed by atoms with Gasteiger partial charge in [-0.2, -0.15) is 0 Å². The summed E-state index contributed by atoms with van der Waals surface area (Å²) in [4.78, 5) is 0. The van der Waals surface area contributed by atoms with E-state index in [-0.39, 0.29) is 0 Å². The van der Waals surface area contributed by atoms with Crippen molar-refractivity contribution in [1.82, 2.24) is 0 Å². The van der Waals surface area contributed by atoms with Gasteiger partial charge in [0.2, 0.25) is 6.67 Å². The summed E-state index contributed by atoms with van der Waals surface area (Å²) < 4.78 is 2.22. The molecule has 0 aliphatic carbocycles. The first-order chi connectivity index (χ1) is 4.83. The molecular formula is C9H24N2+2. The maximum Gasteiger partial charge on any atom is 0.206 e. The van der Waals surface area contributed by atoms with E-state index in [9.17, 15) is 0 Å². The van der Waals surface area contributed by atoms with Crippen molar-refractivity contribution in [2.45, 2.75) is 13.8 Å². The molecule has 11 heavy (non-hydrogen) atoms. The molecule has 0 aliphatic heterocycles. The molecular weight excluding hydrogens is 136 g/mol. The second-order valence-corrected chi connectivity index (χ2v) is 4.68. The van der Waals surface area contributed by atoms with Crippen molar-refractivity contribution in [3.05, 3.63) is 0 Å². The van der Waals surface area contributed by atoms with E-state index in [0.717, 1.165) is 4.48 Å². The van der Waals surface area contributed by atoms with Crippen molar-refractivity contribution >= 4 is 0 Å². The molecule has 0 radical (unpaired) electrons. The SMILES string of the molecule is CC[N+](C)(CC)C[N+](C)(C)C. The van der Waals surface area contributed by atoms with Crippen LogP contribution in [0, 0.1) is 0 Å². The van der Waals surface area contributed by atoms with Crippen LogP contribution < -0.4 is 0 Å². The van der Waals surface area contributed by atoms with Crippen LogP contribution in [0.1, 0.15) is 13.8 Å². The van der Waals surface area contributed by atoms with E-state index in [1.165, 1.54) is 24.2 Å². The van der Waals surface area contributed by atoms with Gasteiger partial charge in [-0.3, -0.25) is 8.97 Å². The Morgan fingerprint density at radius 2 is 1.18 bits per heavy atom. The van der Waals surface area contributed by atoms with Crippen LogP contribution in [0.4, 0.5) is 0 Å². The molecule has 0 rings (SSSR count). The smallest absolute Gasteiger partial charge is 0.206 e. The van der Waals surface area contributed by atoms with Crippen LogP contribution in [-0.4, -0.2) is 56.9 Å². The Labute approximate surface area is 71.6 Å². The van der Waals surface area contributed by atoms with E-state index in [0.29, 0.717) is 0 Å². The van der Waals surface area contributed by atoms with Gasteiger partial charge in [0.25, 0.3) is 0 Å². The van der Waals surface area contributed by atoms with Crippen molar-refractivity contribution < 1.29 is 8.97 Å². The van der Waals surface area contributed by atoms with Crippen LogP contribution in [-0.2, 0) is 0 Å². The molecule has 0 aliphatic rings. The first-order valence-corrected chi connectivity index (χ1v) is 4.47. The summed E-state index contributed by atoms with van der Waals surface area (Å²) >= 11 is 0. The Morgan fingerprint density at radius 1 is 0.818 bits per heavy atom. The van der Waals surface area contributed by atoms with Gasteiger partial charge < -0.3 is 0 Å². The van der Waals surface area contributed by atoms with Crippen LogP contribution >= 0.6 is 0 Å². The first-order valence-electron chi connectivity index (χ1n) is 4.47. The molecule has 0 saturated carbocycles. The van der Waals surface area contributed by atoms with Gasteiger partial charge in [-0.1, -0.05) is 0 Å². The highest BCUT2D eigenvalue weighted by molar-refractivity contribution is 4.23. The third-order valence-electron chi connectivity index (χ3n) is 2.29. The van der Waals surface area contributed by atoms with Crippen LogP contribution in [0.25, 0.3) is 0 Å². The fourth-order valence-electron chi connectivity index (χ4n) is 1.45. The molecule has 0 aromatic rings. The zero-order valence-corrected chi connectivity index (χ0v) is 9.02. The second kappa shape index (κ2) is 3.55. The lowest BCUT2D eigenvalue weighted by molar-refractivity contribution is -1.07. The average molecular weight is 160 g/mol. The number of nitrogens with zero attached hydrogens (tertiary/aromatic N) is 2. The van der Waals surface area contributed by atoms with Gasteiger partial charge in [-0.05, 0) is 13.8 Å². The van der Waals surface area contributed by atoms with Crippen molar-refractivity contribution in [3.8, 4) is 0 Å². The molecule has 0 fully saturated rings. The minimum absolute atomic E-state index is 1.05. The molecule has 0 aromatic heterocycles. The Kier molecular flexibility index (Phi) is 3.52. The molecule has 0 N–H and O–H groups in total. The van der Waals surface area contributed by atoms with Crippen LogP contribution in [0.2, 0.25) is 0 Å². The summed E-state index contributed by atoms with van der Waals surface area (Å²) in [6.45, 7) is 8.20. The Bertz CT molecular complexity index is 109. The van der Waals surface area contributed by atoms with E-state index in [1.807, 2.05) is 0 Å². The summed E-state index contributed by atoms with van der Waals surface area (Å²) in [6, 6.07) is 0. The van der Waals surface area contributed by atoms with Crippen molar-refractivity contribution in [1.29, 1.82) is 0 Å². The predicted octanol–water partition coefficient (Wildman–Crippen LogP) is 1.14. The lowest BCUT2D eigenvalue weighted by Gasteiger charge is -2.37. The molecule has 0 unspecified atom stereocenters. The molecule has 68 valence electrons. The number of hydrogen-bond acceptors (Lipinski definition) is 0. The molecule has 0 atom stereocenters. The van der Waals surface area contributed by atoms with E-state index in [1.54, 1.807) is 0 Å². The highest BCUT2D eigenvalue weighted by Gasteiger charge is 2.24. The van der Waals surface area contributed by atoms with Crippen LogP contribution in [0.15, 0.2) is 0 Å². The van der Waals surface area contributed by atoms with E-state index in [4.69, 9.17) is 0 Å². The predicted molar refractivity (Wildman–Crippen MR) is 50.2 cm³/mol. The van der Waals surface area contributed by atoms with Gasteiger partial charge in [0.1, 0.15) is 0 Å². The molecule has 0 aromatic carbocycles. The van der Waals surface area contributed by atoms with Gasteiger partial charge in [0.15, 0.2) is 0 Å². The summed E-state index contributed by atoms with van der Waals surface area (Å²) in [6.07, 6.45) is 0. The summed E-state index contributed by atoms with van der Waals surface area (Å²) in [7, 11) is 9.08. The largest absolute Gasteiger partial charge is 0.284 e. The lowest BCUT2D eigenvalue weighted by atomic mass is 10.4. The topological polar surface area (TPSA) is 0 Å². The normalized spacial score (nSPS) is 13.6. The Balaban J connectivity index is 4.08. The highest BCUT2D eigenvalue weighted by Crippen LogP contribution is 2.05. The maximum atomic E-state index is 2.32. The molecule has 0 heterocycles. The van der Waals surface area contributed by atoms with Crippen molar-refractivity contribution in [2.24, 2.45) is 0 Å². The van der Waals surface area contributed by atoms with Gasteiger partial charge >= 0.3 is 0 Å². The number of quaternary nitrogens is 2. The summed E-state index contributed by atoms with van der Waals surface area (Å²) in [5.41, 5.74) is 0. The molecule has 0 bridgehead atoms. The highest BCUT2D eigenvalue weighted by atomic mass is 15.5. The van der Waals surface area contributed by atoms with E-state index >= 15 is 0 Å². The van der Waals surface area contributed by atoms with E-state index in [2.05, 4.69) is 42.0 Å². The lowest BCUT2D eigenvalue weighted by Crippen LogP contribution is -2.55.